The SMILES string of the molecule is CCOCCN(CC)Cc1ccc(C(=O)O)cc1C. The molecule has 0 aliphatic heterocycles. The molecular formula is C15H23NO3. The van der Waals surface area contributed by atoms with E-state index >= 15 is 0 Å². The number of benzene rings is 1. The zero-order valence-electron chi connectivity index (χ0n) is 12.0. The highest BCUT2D eigenvalue weighted by Gasteiger charge is 2.09. The fourth-order valence-electron chi connectivity index (χ4n) is 1.93. The van der Waals surface area contributed by atoms with Crippen LogP contribution < -0.4 is 0 Å². The number of carboxylic acid groups (broad SMARTS) is 1. The molecule has 0 saturated carbocycles. The van der Waals surface area contributed by atoms with Crippen molar-refractivity contribution < 1.29 is 14.6 Å². The average molecular weight is 265 g/mol. The summed E-state index contributed by atoms with van der Waals surface area (Å²) in [6, 6.07) is 5.30. The Bertz CT molecular complexity index is 418. The van der Waals surface area contributed by atoms with Gasteiger partial charge >= 0.3 is 5.97 Å². The van der Waals surface area contributed by atoms with Crippen molar-refractivity contribution in [2.45, 2.75) is 27.3 Å². The molecule has 106 valence electrons. The van der Waals surface area contributed by atoms with Crippen molar-refractivity contribution in [1.29, 1.82) is 0 Å². The van der Waals surface area contributed by atoms with Gasteiger partial charge in [0.15, 0.2) is 0 Å². The predicted molar refractivity (Wildman–Crippen MR) is 75.6 cm³/mol. The molecule has 0 heterocycles. The van der Waals surface area contributed by atoms with Gasteiger partial charge in [-0.2, -0.15) is 0 Å². The maximum Gasteiger partial charge on any atom is 0.335 e. The van der Waals surface area contributed by atoms with Crippen LogP contribution in [-0.4, -0.2) is 42.3 Å². The summed E-state index contributed by atoms with van der Waals surface area (Å²) in [5.41, 5.74) is 2.54. The lowest BCUT2D eigenvalue weighted by Gasteiger charge is -2.21. The minimum absolute atomic E-state index is 0.346. The number of hydrogen-bond acceptors (Lipinski definition) is 3. The summed E-state index contributed by atoms with van der Waals surface area (Å²) < 4.78 is 5.36. The highest BCUT2D eigenvalue weighted by molar-refractivity contribution is 5.87. The van der Waals surface area contributed by atoms with Crippen LogP contribution in [0, 0.1) is 6.92 Å². The number of aromatic carboxylic acids is 1. The number of rotatable bonds is 8. The van der Waals surface area contributed by atoms with Crippen molar-refractivity contribution in [1.82, 2.24) is 4.90 Å². The molecule has 0 amide bonds. The lowest BCUT2D eigenvalue weighted by atomic mass is 10.0. The van der Waals surface area contributed by atoms with Gasteiger partial charge in [-0.15, -0.1) is 0 Å². The summed E-state index contributed by atoms with van der Waals surface area (Å²) in [5.74, 6) is -0.877. The third-order valence-electron chi connectivity index (χ3n) is 3.19. The van der Waals surface area contributed by atoms with Crippen molar-refractivity contribution in [2.75, 3.05) is 26.3 Å². The second kappa shape index (κ2) is 7.92. The van der Waals surface area contributed by atoms with E-state index in [4.69, 9.17) is 9.84 Å². The Kier molecular flexibility index (Phi) is 6.53. The zero-order chi connectivity index (χ0) is 14.3. The standard InChI is InChI=1S/C15H23NO3/c1-4-16(8-9-19-5-2)11-14-7-6-13(15(17)18)10-12(14)3/h6-7,10H,4-5,8-9,11H2,1-3H3,(H,17,18). The van der Waals surface area contributed by atoms with Crippen LogP contribution in [0.2, 0.25) is 0 Å². The van der Waals surface area contributed by atoms with Crippen LogP contribution >= 0.6 is 0 Å². The molecule has 0 aliphatic carbocycles. The van der Waals surface area contributed by atoms with Crippen LogP contribution in [0.4, 0.5) is 0 Å². The summed E-state index contributed by atoms with van der Waals surface area (Å²) in [4.78, 5) is 13.2. The van der Waals surface area contributed by atoms with Gasteiger partial charge < -0.3 is 9.84 Å². The van der Waals surface area contributed by atoms with E-state index in [1.165, 1.54) is 5.56 Å². The third-order valence-corrected chi connectivity index (χ3v) is 3.19. The number of carboxylic acids is 1. The largest absolute Gasteiger partial charge is 0.478 e. The number of aryl methyl sites for hydroxylation is 1. The minimum atomic E-state index is -0.877. The van der Waals surface area contributed by atoms with Gasteiger partial charge in [0, 0.05) is 19.7 Å². The molecule has 0 bridgehead atoms. The summed E-state index contributed by atoms with van der Waals surface area (Å²) >= 11 is 0. The van der Waals surface area contributed by atoms with Gasteiger partial charge in [-0.25, -0.2) is 4.79 Å². The number of likely N-dealkylation sites (N-methyl/N-ethyl adjacent to an activating group) is 1. The molecule has 1 N–H and O–H groups in total. The van der Waals surface area contributed by atoms with Crippen LogP contribution in [-0.2, 0) is 11.3 Å². The van der Waals surface area contributed by atoms with Gasteiger partial charge in [-0.05, 0) is 43.7 Å². The van der Waals surface area contributed by atoms with Crippen molar-refractivity contribution in [2.24, 2.45) is 0 Å². The summed E-state index contributed by atoms with van der Waals surface area (Å²) in [6.45, 7) is 10.2. The van der Waals surface area contributed by atoms with Crippen LogP contribution in [0.1, 0.15) is 35.3 Å². The van der Waals surface area contributed by atoms with Gasteiger partial charge in [-0.1, -0.05) is 13.0 Å². The molecule has 4 nitrogen and oxygen atoms in total. The van der Waals surface area contributed by atoms with E-state index in [2.05, 4.69) is 11.8 Å². The molecule has 0 radical (unpaired) electrons. The molecule has 0 atom stereocenters. The van der Waals surface area contributed by atoms with Crippen LogP contribution in [0.15, 0.2) is 18.2 Å². The van der Waals surface area contributed by atoms with Gasteiger partial charge in [-0.3, -0.25) is 4.90 Å². The minimum Gasteiger partial charge on any atom is -0.478 e. The lowest BCUT2D eigenvalue weighted by Crippen LogP contribution is -2.27. The van der Waals surface area contributed by atoms with Crippen LogP contribution in [0.3, 0.4) is 0 Å². The second-order valence-electron chi connectivity index (χ2n) is 4.51. The van der Waals surface area contributed by atoms with Crippen molar-refractivity contribution in [3.63, 3.8) is 0 Å². The molecule has 19 heavy (non-hydrogen) atoms. The first kappa shape index (κ1) is 15.7. The summed E-state index contributed by atoms with van der Waals surface area (Å²) in [5, 5.41) is 8.94. The zero-order valence-corrected chi connectivity index (χ0v) is 12.0. The fourth-order valence-corrected chi connectivity index (χ4v) is 1.93. The first-order valence-electron chi connectivity index (χ1n) is 6.71. The third kappa shape index (κ3) is 5.01. The monoisotopic (exact) mass is 265 g/mol. The number of ether oxygens (including phenoxy) is 1. The Hall–Kier alpha value is -1.39. The number of carbonyl (C=O) groups is 1. The van der Waals surface area contributed by atoms with E-state index < -0.39 is 5.97 Å². The first-order chi connectivity index (χ1) is 9.08. The molecule has 0 spiro atoms. The molecule has 0 aliphatic rings. The van der Waals surface area contributed by atoms with Crippen molar-refractivity contribution in [3.8, 4) is 0 Å². The lowest BCUT2D eigenvalue weighted by molar-refractivity contribution is 0.0696. The first-order valence-corrected chi connectivity index (χ1v) is 6.71. The maximum absolute atomic E-state index is 10.9. The molecule has 0 saturated heterocycles. The van der Waals surface area contributed by atoms with Gasteiger partial charge in [0.25, 0.3) is 0 Å². The van der Waals surface area contributed by atoms with E-state index in [1.54, 1.807) is 12.1 Å². The average Bonchev–Trinajstić information content (AvgIpc) is 2.39. The van der Waals surface area contributed by atoms with Gasteiger partial charge in [0.05, 0.1) is 12.2 Å². The normalized spacial score (nSPS) is 10.9. The van der Waals surface area contributed by atoms with Crippen molar-refractivity contribution in [3.05, 3.63) is 34.9 Å². The molecule has 1 rings (SSSR count). The van der Waals surface area contributed by atoms with E-state index in [0.29, 0.717) is 5.56 Å². The molecule has 0 aromatic heterocycles. The quantitative estimate of drug-likeness (QED) is 0.734. The highest BCUT2D eigenvalue weighted by Crippen LogP contribution is 2.13. The van der Waals surface area contributed by atoms with E-state index in [9.17, 15) is 4.79 Å². The Balaban J connectivity index is 2.66. The second-order valence-corrected chi connectivity index (χ2v) is 4.51. The molecule has 1 aromatic rings. The smallest absolute Gasteiger partial charge is 0.335 e. The molecule has 0 unspecified atom stereocenters. The Morgan fingerprint density at radius 3 is 2.63 bits per heavy atom. The van der Waals surface area contributed by atoms with E-state index in [1.807, 2.05) is 19.9 Å². The topological polar surface area (TPSA) is 49.8 Å². The Morgan fingerprint density at radius 1 is 1.37 bits per heavy atom. The molecule has 0 fully saturated rings. The molecule has 1 aromatic carbocycles. The molecular weight excluding hydrogens is 242 g/mol. The van der Waals surface area contributed by atoms with Crippen molar-refractivity contribution >= 4 is 5.97 Å². The van der Waals surface area contributed by atoms with E-state index in [0.717, 1.165) is 38.4 Å². The Labute approximate surface area is 115 Å². The number of hydrogen-bond donors (Lipinski definition) is 1. The summed E-state index contributed by atoms with van der Waals surface area (Å²) in [7, 11) is 0. The van der Waals surface area contributed by atoms with Gasteiger partial charge in [0.1, 0.15) is 0 Å². The van der Waals surface area contributed by atoms with Crippen LogP contribution in [0.5, 0.6) is 0 Å². The van der Waals surface area contributed by atoms with Crippen LogP contribution in [0.25, 0.3) is 0 Å². The maximum atomic E-state index is 10.9. The Morgan fingerprint density at radius 2 is 2.11 bits per heavy atom. The predicted octanol–water partition coefficient (Wildman–Crippen LogP) is 2.55. The number of nitrogens with zero attached hydrogens (tertiary/aromatic N) is 1. The highest BCUT2D eigenvalue weighted by atomic mass is 16.5. The fraction of sp³-hybridized carbons (Fsp3) is 0.533. The van der Waals surface area contributed by atoms with Gasteiger partial charge in [0.2, 0.25) is 0 Å². The van der Waals surface area contributed by atoms with E-state index in [-0.39, 0.29) is 0 Å². The summed E-state index contributed by atoms with van der Waals surface area (Å²) in [6.07, 6.45) is 0. The molecule has 4 heteroatoms.